The van der Waals surface area contributed by atoms with Gasteiger partial charge < -0.3 is 14.4 Å². The number of amides is 1. The number of esters is 1. The molecule has 1 unspecified atom stereocenters. The molecule has 0 fully saturated rings. The zero-order chi connectivity index (χ0) is 24.3. The van der Waals surface area contributed by atoms with Gasteiger partial charge in [0.05, 0.1) is 0 Å². The van der Waals surface area contributed by atoms with E-state index in [1.54, 1.807) is 4.90 Å². The van der Waals surface area contributed by atoms with Crippen molar-refractivity contribution in [3.63, 3.8) is 0 Å². The van der Waals surface area contributed by atoms with Gasteiger partial charge in [-0.1, -0.05) is 72.8 Å². The first-order chi connectivity index (χ1) is 16.4. The van der Waals surface area contributed by atoms with Gasteiger partial charge >= 0.3 is 12.6 Å². The molecular weight excluding hydrogens is 440 g/mol. The minimum absolute atomic E-state index is 0.0193. The van der Waals surface area contributed by atoms with E-state index in [1.165, 1.54) is 43.3 Å². The molecule has 34 heavy (non-hydrogen) atoms. The van der Waals surface area contributed by atoms with Crippen LogP contribution < -0.4 is 4.74 Å². The van der Waals surface area contributed by atoms with Crippen LogP contribution in [0.15, 0.2) is 91.0 Å². The van der Waals surface area contributed by atoms with E-state index in [9.17, 15) is 18.4 Å². The maximum absolute atomic E-state index is 13.1. The topological polar surface area (TPSA) is 55.8 Å². The molecule has 0 N–H and O–H groups in total. The molecule has 7 heteroatoms. The highest BCUT2D eigenvalue weighted by atomic mass is 19.3. The van der Waals surface area contributed by atoms with Gasteiger partial charge in [0.25, 0.3) is 5.91 Å². The molecule has 1 amide bonds. The summed E-state index contributed by atoms with van der Waals surface area (Å²) in [4.78, 5) is 27.1. The Bertz CT molecular complexity index is 1050. The van der Waals surface area contributed by atoms with Gasteiger partial charge in [0.1, 0.15) is 5.75 Å². The van der Waals surface area contributed by atoms with E-state index in [0.717, 1.165) is 11.1 Å². The van der Waals surface area contributed by atoms with Crippen LogP contribution in [-0.4, -0.2) is 29.5 Å². The highest BCUT2D eigenvalue weighted by Gasteiger charge is 2.23. The molecule has 0 radical (unpaired) electrons. The standard InChI is InChI=1S/C27H25F2NO4/c1-20(33-25(31)17-14-21-12-15-24(16-13-21)34-27(28)29)26(32)30(18-22-8-4-2-5-9-22)19-23-10-6-3-7-11-23/h2-17,20,27H,18-19H2,1H3. The van der Waals surface area contributed by atoms with Gasteiger partial charge in [-0.2, -0.15) is 8.78 Å². The average molecular weight is 465 g/mol. The Morgan fingerprint density at radius 2 is 1.38 bits per heavy atom. The van der Waals surface area contributed by atoms with E-state index in [2.05, 4.69) is 4.74 Å². The van der Waals surface area contributed by atoms with Gasteiger partial charge in [-0.15, -0.1) is 0 Å². The van der Waals surface area contributed by atoms with Crippen LogP contribution in [0.4, 0.5) is 8.78 Å². The van der Waals surface area contributed by atoms with Crippen LogP contribution in [-0.2, 0) is 27.4 Å². The number of hydrogen-bond donors (Lipinski definition) is 0. The predicted octanol–water partition coefficient (Wildman–Crippen LogP) is 5.46. The van der Waals surface area contributed by atoms with Crippen LogP contribution in [0.5, 0.6) is 5.75 Å². The zero-order valence-corrected chi connectivity index (χ0v) is 18.6. The molecule has 0 saturated carbocycles. The molecule has 0 aromatic heterocycles. The summed E-state index contributed by atoms with van der Waals surface area (Å²) in [6.07, 6.45) is 1.66. The minimum Gasteiger partial charge on any atom is -0.449 e. The van der Waals surface area contributed by atoms with Crippen molar-refractivity contribution in [3.05, 3.63) is 108 Å². The van der Waals surface area contributed by atoms with Crippen molar-refractivity contribution in [1.82, 2.24) is 4.90 Å². The number of carbonyl (C=O) groups is 2. The van der Waals surface area contributed by atoms with Crippen LogP contribution >= 0.6 is 0 Å². The largest absolute Gasteiger partial charge is 0.449 e. The molecule has 0 aliphatic carbocycles. The molecule has 3 aromatic rings. The number of carbonyl (C=O) groups excluding carboxylic acids is 2. The molecule has 3 aromatic carbocycles. The molecule has 0 bridgehead atoms. The van der Waals surface area contributed by atoms with E-state index >= 15 is 0 Å². The average Bonchev–Trinajstić information content (AvgIpc) is 2.83. The second kappa shape index (κ2) is 12.3. The van der Waals surface area contributed by atoms with Crippen LogP contribution in [0.2, 0.25) is 0 Å². The summed E-state index contributed by atoms with van der Waals surface area (Å²) in [5, 5.41) is 0. The molecular formula is C27H25F2NO4. The summed E-state index contributed by atoms with van der Waals surface area (Å²) in [6, 6.07) is 24.9. The monoisotopic (exact) mass is 465 g/mol. The van der Waals surface area contributed by atoms with Crippen molar-refractivity contribution < 1.29 is 27.8 Å². The van der Waals surface area contributed by atoms with Gasteiger partial charge in [0.2, 0.25) is 0 Å². The lowest BCUT2D eigenvalue weighted by Crippen LogP contribution is -2.39. The molecule has 0 spiro atoms. The quantitative estimate of drug-likeness (QED) is 0.295. The lowest BCUT2D eigenvalue weighted by molar-refractivity contribution is -0.156. The molecule has 3 rings (SSSR count). The van der Waals surface area contributed by atoms with E-state index in [-0.39, 0.29) is 11.7 Å². The molecule has 176 valence electrons. The van der Waals surface area contributed by atoms with Crippen molar-refractivity contribution in [1.29, 1.82) is 0 Å². The Kier molecular flexibility index (Phi) is 8.91. The fourth-order valence-electron chi connectivity index (χ4n) is 3.27. The number of rotatable bonds is 10. The normalized spacial score (nSPS) is 11.9. The third kappa shape index (κ3) is 7.85. The van der Waals surface area contributed by atoms with E-state index < -0.39 is 18.7 Å². The van der Waals surface area contributed by atoms with Gasteiger partial charge in [-0.05, 0) is 41.8 Å². The summed E-state index contributed by atoms with van der Waals surface area (Å²) >= 11 is 0. The smallest absolute Gasteiger partial charge is 0.387 e. The van der Waals surface area contributed by atoms with Crippen molar-refractivity contribution in [2.75, 3.05) is 0 Å². The van der Waals surface area contributed by atoms with Crippen LogP contribution in [0.25, 0.3) is 6.08 Å². The summed E-state index contributed by atoms with van der Waals surface area (Å²) in [6.45, 7) is -0.620. The summed E-state index contributed by atoms with van der Waals surface area (Å²) in [7, 11) is 0. The fraction of sp³-hybridized carbons (Fsp3) is 0.185. The molecule has 0 aliphatic heterocycles. The Morgan fingerprint density at radius 3 is 1.88 bits per heavy atom. The summed E-state index contributed by atoms with van der Waals surface area (Å²) < 4.78 is 34.1. The van der Waals surface area contributed by atoms with E-state index in [1.807, 2.05) is 60.7 Å². The van der Waals surface area contributed by atoms with Crippen molar-refractivity contribution in [2.45, 2.75) is 32.7 Å². The maximum Gasteiger partial charge on any atom is 0.387 e. The zero-order valence-electron chi connectivity index (χ0n) is 18.6. The highest BCUT2D eigenvalue weighted by molar-refractivity contribution is 5.90. The molecule has 5 nitrogen and oxygen atoms in total. The first kappa shape index (κ1) is 24.6. The third-order valence-corrected chi connectivity index (χ3v) is 4.90. The second-order valence-electron chi connectivity index (χ2n) is 7.53. The van der Waals surface area contributed by atoms with E-state index in [0.29, 0.717) is 18.7 Å². The van der Waals surface area contributed by atoms with Gasteiger partial charge in [0, 0.05) is 19.2 Å². The first-order valence-corrected chi connectivity index (χ1v) is 10.7. The maximum atomic E-state index is 13.1. The first-order valence-electron chi connectivity index (χ1n) is 10.7. The number of hydrogen-bond acceptors (Lipinski definition) is 4. The Labute approximate surface area is 197 Å². The number of halogens is 2. The summed E-state index contributed by atoms with van der Waals surface area (Å²) in [5.41, 5.74) is 2.52. The Morgan fingerprint density at radius 1 is 0.853 bits per heavy atom. The van der Waals surface area contributed by atoms with Gasteiger partial charge in [-0.25, -0.2) is 4.79 Å². The van der Waals surface area contributed by atoms with Crippen LogP contribution in [0.3, 0.4) is 0 Å². The predicted molar refractivity (Wildman–Crippen MR) is 125 cm³/mol. The molecule has 0 saturated heterocycles. The SMILES string of the molecule is CC(OC(=O)C=Cc1ccc(OC(F)F)cc1)C(=O)N(Cc1ccccc1)Cc1ccccc1. The molecule has 0 heterocycles. The Balaban J connectivity index is 1.62. The molecule has 1 atom stereocenters. The number of nitrogens with zero attached hydrogens (tertiary/aromatic N) is 1. The van der Waals surface area contributed by atoms with Crippen molar-refractivity contribution in [2.24, 2.45) is 0 Å². The number of ether oxygens (including phenoxy) is 2. The number of benzene rings is 3. The molecule has 0 aliphatic rings. The highest BCUT2D eigenvalue weighted by Crippen LogP contribution is 2.16. The van der Waals surface area contributed by atoms with Crippen LogP contribution in [0.1, 0.15) is 23.6 Å². The second-order valence-corrected chi connectivity index (χ2v) is 7.53. The third-order valence-electron chi connectivity index (χ3n) is 4.90. The van der Waals surface area contributed by atoms with E-state index in [4.69, 9.17) is 4.74 Å². The van der Waals surface area contributed by atoms with Crippen molar-refractivity contribution in [3.8, 4) is 5.75 Å². The lowest BCUT2D eigenvalue weighted by Gasteiger charge is -2.26. The van der Waals surface area contributed by atoms with Gasteiger partial charge in [0.15, 0.2) is 6.10 Å². The van der Waals surface area contributed by atoms with Crippen molar-refractivity contribution >= 4 is 18.0 Å². The lowest BCUT2D eigenvalue weighted by atomic mass is 10.1. The van der Waals surface area contributed by atoms with Gasteiger partial charge in [-0.3, -0.25) is 4.79 Å². The summed E-state index contributed by atoms with van der Waals surface area (Å²) in [5.74, 6) is -0.984. The Hall–Kier alpha value is -4.00. The minimum atomic E-state index is -2.90. The fourth-order valence-corrected chi connectivity index (χ4v) is 3.27. The number of alkyl halides is 2. The van der Waals surface area contributed by atoms with Crippen LogP contribution in [0, 0.1) is 0 Å².